The van der Waals surface area contributed by atoms with Crippen LogP contribution in [0.2, 0.25) is 0 Å². The van der Waals surface area contributed by atoms with Gasteiger partial charge >= 0.3 is 0 Å². The lowest BCUT2D eigenvalue weighted by Gasteiger charge is -2.24. The molecule has 0 spiro atoms. The molecule has 1 atom stereocenters. The van der Waals surface area contributed by atoms with Crippen molar-refractivity contribution < 1.29 is 8.42 Å². The van der Waals surface area contributed by atoms with Crippen LogP contribution >= 0.6 is 0 Å². The van der Waals surface area contributed by atoms with Gasteiger partial charge in [0.1, 0.15) is 0 Å². The lowest BCUT2D eigenvalue weighted by atomic mass is 10.1. The summed E-state index contributed by atoms with van der Waals surface area (Å²) in [6.45, 7) is 11.0. The third-order valence-corrected chi connectivity index (χ3v) is 4.44. The van der Waals surface area contributed by atoms with Gasteiger partial charge < -0.3 is 0 Å². The Morgan fingerprint density at radius 1 is 1.08 bits per heavy atom. The van der Waals surface area contributed by atoms with Crippen molar-refractivity contribution in [3.8, 4) is 0 Å². The third kappa shape index (κ3) is 3.65. The monoisotopic (exact) mass is 207 g/mol. The Morgan fingerprint density at radius 3 is 1.69 bits per heavy atom. The van der Waals surface area contributed by atoms with Crippen molar-refractivity contribution in [3.63, 3.8) is 0 Å². The van der Waals surface area contributed by atoms with E-state index in [1.54, 1.807) is 20.8 Å². The molecule has 0 unspecified atom stereocenters. The molecule has 0 saturated carbocycles. The minimum Gasteiger partial charge on any atom is -0.212 e. The second-order valence-corrected chi connectivity index (χ2v) is 7.23. The van der Waals surface area contributed by atoms with Crippen molar-refractivity contribution in [1.82, 2.24) is 4.72 Å². The first-order valence-corrected chi connectivity index (χ1v) is 6.08. The van der Waals surface area contributed by atoms with E-state index in [1.807, 2.05) is 20.8 Å². The molecule has 1 N–H and O–H groups in total. The smallest absolute Gasteiger partial charge is 0.212 e. The van der Waals surface area contributed by atoms with E-state index in [1.165, 1.54) is 0 Å². The molecule has 13 heavy (non-hydrogen) atoms. The summed E-state index contributed by atoms with van der Waals surface area (Å²) in [7, 11) is -3.19. The number of hydrogen-bond acceptors (Lipinski definition) is 2. The molecular formula is C9H21NO2S. The first-order valence-electron chi connectivity index (χ1n) is 4.60. The van der Waals surface area contributed by atoms with Gasteiger partial charge in [0, 0.05) is 6.04 Å². The van der Waals surface area contributed by atoms with E-state index in [4.69, 9.17) is 0 Å². The molecule has 0 aromatic heterocycles. The van der Waals surface area contributed by atoms with E-state index in [-0.39, 0.29) is 6.04 Å². The molecule has 80 valence electrons. The van der Waals surface area contributed by atoms with Gasteiger partial charge in [0.25, 0.3) is 0 Å². The Hall–Kier alpha value is -0.0900. The highest BCUT2D eigenvalue weighted by molar-refractivity contribution is 7.90. The van der Waals surface area contributed by atoms with Gasteiger partial charge in [0.15, 0.2) is 0 Å². The van der Waals surface area contributed by atoms with Gasteiger partial charge in [-0.1, -0.05) is 13.8 Å². The van der Waals surface area contributed by atoms with Crippen molar-refractivity contribution in [2.24, 2.45) is 5.92 Å². The quantitative estimate of drug-likeness (QED) is 0.766. The second kappa shape index (κ2) is 3.96. The van der Waals surface area contributed by atoms with Gasteiger partial charge in [-0.15, -0.1) is 0 Å². The Kier molecular flexibility index (Phi) is 3.94. The first-order chi connectivity index (χ1) is 5.58. The fraction of sp³-hybridized carbons (Fsp3) is 1.00. The maximum Gasteiger partial charge on any atom is 0.216 e. The van der Waals surface area contributed by atoms with Crippen LogP contribution in [0.3, 0.4) is 0 Å². The SMILES string of the molecule is CC(C)[C@@H](C)NS(=O)(=O)C(C)(C)C. The van der Waals surface area contributed by atoms with Crippen LogP contribution in [0.5, 0.6) is 0 Å². The average Bonchev–Trinajstić information content (AvgIpc) is 1.83. The van der Waals surface area contributed by atoms with Crippen LogP contribution in [0.1, 0.15) is 41.5 Å². The lowest BCUT2D eigenvalue weighted by Crippen LogP contribution is -2.45. The van der Waals surface area contributed by atoms with Crippen molar-refractivity contribution in [2.75, 3.05) is 0 Å². The molecule has 0 aliphatic heterocycles. The van der Waals surface area contributed by atoms with Crippen LogP contribution in [0.15, 0.2) is 0 Å². The lowest BCUT2D eigenvalue weighted by molar-refractivity contribution is 0.464. The van der Waals surface area contributed by atoms with Crippen molar-refractivity contribution >= 4 is 10.0 Å². The zero-order valence-electron chi connectivity index (χ0n) is 9.38. The Bertz CT molecular complexity index is 249. The number of sulfonamides is 1. The minimum absolute atomic E-state index is 0.00998. The van der Waals surface area contributed by atoms with Crippen LogP contribution < -0.4 is 4.72 Å². The molecular weight excluding hydrogens is 186 g/mol. The minimum atomic E-state index is -3.19. The van der Waals surface area contributed by atoms with E-state index < -0.39 is 14.8 Å². The summed E-state index contributed by atoms with van der Waals surface area (Å²) in [5, 5.41) is 0. The second-order valence-electron chi connectivity index (χ2n) is 4.77. The van der Waals surface area contributed by atoms with E-state index in [0.717, 1.165) is 0 Å². The largest absolute Gasteiger partial charge is 0.216 e. The Balaban J connectivity index is 4.55. The highest BCUT2D eigenvalue weighted by Crippen LogP contribution is 2.15. The average molecular weight is 207 g/mol. The van der Waals surface area contributed by atoms with Gasteiger partial charge in [-0.25, -0.2) is 13.1 Å². The van der Waals surface area contributed by atoms with E-state index in [0.29, 0.717) is 5.92 Å². The van der Waals surface area contributed by atoms with Gasteiger partial charge in [0.2, 0.25) is 10.0 Å². The third-order valence-electron chi connectivity index (χ3n) is 2.15. The molecule has 0 heterocycles. The molecule has 0 aromatic carbocycles. The molecule has 0 amide bonds. The summed E-state index contributed by atoms with van der Waals surface area (Å²) in [4.78, 5) is 0. The van der Waals surface area contributed by atoms with E-state index >= 15 is 0 Å². The van der Waals surface area contributed by atoms with Crippen LogP contribution in [0.25, 0.3) is 0 Å². The molecule has 0 aliphatic rings. The van der Waals surface area contributed by atoms with Crippen LogP contribution in [0, 0.1) is 5.92 Å². The van der Waals surface area contributed by atoms with Crippen LogP contribution in [-0.2, 0) is 10.0 Å². The topological polar surface area (TPSA) is 46.2 Å². The predicted octanol–water partition coefficient (Wildman–Crippen LogP) is 1.75. The number of hydrogen-bond donors (Lipinski definition) is 1. The summed E-state index contributed by atoms with van der Waals surface area (Å²) in [6.07, 6.45) is 0. The van der Waals surface area contributed by atoms with Crippen LogP contribution in [0.4, 0.5) is 0 Å². The summed E-state index contributed by atoms with van der Waals surface area (Å²) in [6, 6.07) is -0.00998. The van der Waals surface area contributed by atoms with Gasteiger partial charge in [-0.2, -0.15) is 0 Å². The standard InChI is InChI=1S/C9H21NO2S/c1-7(2)8(3)10-13(11,12)9(4,5)6/h7-8,10H,1-6H3/t8-/m1/s1. The van der Waals surface area contributed by atoms with Crippen LogP contribution in [-0.4, -0.2) is 19.2 Å². The van der Waals surface area contributed by atoms with E-state index in [2.05, 4.69) is 4.72 Å². The Morgan fingerprint density at radius 2 is 1.46 bits per heavy atom. The maximum atomic E-state index is 11.7. The highest BCUT2D eigenvalue weighted by Gasteiger charge is 2.30. The van der Waals surface area contributed by atoms with Gasteiger partial charge in [-0.05, 0) is 33.6 Å². The highest BCUT2D eigenvalue weighted by atomic mass is 32.2. The zero-order chi connectivity index (χ0) is 10.9. The summed E-state index contributed by atoms with van der Waals surface area (Å²) >= 11 is 0. The number of rotatable bonds is 3. The molecule has 0 rings (SSSR count). The van der Waals surface area contributed by atoms with Gasteiger partial charge in [0.05, 0.1) is 4.75 Å². The van der Waals surface area contributed by atoms with Gasteiger partial charge in [-0.3, -0.25) is 0 Å². The molecule has 3 nitrogen and oxygen atoms in total. The zero-order valence-corrected chi connectivity index (χ0v) is 10.2. The predicted molar refractivity (Wildman–Crippen MR) is 56.1 cm³/mol. The molecule has 0 bridgehead atoms. The summed E-state index contributed by atoms with van der Waals surface area (Å²) in [5.74, 6) is 0.317. The number of nitrogens with one attached hydrogen (secondary N) is 1. The molecule has 0 saturated heterocycles. The van der Waals surface area contributed by atoms with Crippen molar-refractivity contribution in [1.29, 1.82) is 0 Å². The molecule has 0 aromatic rings. The molecule has 0 aliphatic carbocycles. The Labute approximate surface area is 82.0 Å². The molecule has 4 heteroatoms. The van der Waals surface area contributed by atoms with Crippen molar-refractivity contribution in [2.45, 2.75) is 52.3 Å². The summed E-state index contributed by atoms with van der Waals surface area (Å²) < 4.78 is 25.3. The fourth-order valence-corrected chi connectivity index (χ4v) is 1.67. The molecule has 0 radical (unpaired) electrons. The molecule has 0 fully saturated rings. The van der Waals surface area contributed by atoms with E-state index in [9.17, 15) is 8.42 Å². The fourth-order valence-electron chi connectivity index (χ4n) is 0.558. The summed E-state index contributed by atoms with van der Waals surface area (Å²) in [5.41, 5.74) is 0. The van der Waals surface area contributed by atoms with Crippen molar-refractivity contribution in [3.05, 3.63) is 0 Å². The normalized spacial score (nSPS) is 16.2. The first kappa shape index (κ1) is 12.9. The maximum absolute atomic E-state index is 11.7.